The third-order valence-electron chi connectivity index (χ3n) is 1.77. The minimum atomic E-state index is -0.160. The number of nitrogens with zero attached hydrogens (tertiary/aromatic N) is 1. The predicted molar refractivity (Wildman–Crippen MR) is 55.6 cm³/mol. The highest BCUT2D eigenvalue weighted by Gasteiger charge is 2.08. The first-order chi connectivity index (χ1) is 6.65. The van der Waals surface area contributed by atoms with E-state index in [2.05, 4.69) is 17.2 Å². The van der Waals surface area contributed by atoms with E-state index in [0.717, 1.165) is 0 Å². The molecule has 3 N–H and O–H groups in total. The highest BCUT2D eigenvalue weighted by Crippen LogP contribution is 2.07. The van der Waals surface area contributed by atoms with Crippen molar-refractivity contribution in [3.05, 3.63) is 18.0 Å². The van der Waals surface area contributed by atoms with Gasteiger partial charge < -0.3 is 15.6 Å². The summed E-state index contributed by atoms with van der Waals surface area (Å²) in [6.45, 7) is 2.09. The minimum absolute atomic E-state index is 0.160. The number of amides is 1. The molecule has 0 aliphatic heterocycles. The number of rotatable bonds is 2. The third-order valence-corrected chi connectivity index (χ3v) is 1.77. The molecule has 0 saturated heterocycles. The second kappa shape index (κ2) is 4.38. The van der Waals surface area contributed by atoms with E-state index < -0.39 is 0 Å². The fraction of sp³-hybridized carbons (Fsp3) is 0.300. The van der Waals surface area contributed by atoms with Gasteiger partial charge in [-0.1, -0.05) is 5.92 Å². The van der Waals surface area contributed by atoms with E-state index in [0.29, 0.717) is 17.9 Å². The summed E-state index contributed by atoms with van der Waals surface area (Å²) in [4.78, 5) is 11.5. The molecule has 4 nitrogen and oxygen atoms in total. The standard InChI is InChI=1S/C10H13N3O/c1-3-4-5-12-10(14)9-6-8(11)7-13(9)2/h6-7H,5,11H2,1-2H3,(H,12,14). The molecule has 0 bridgehead atoms. The Labute approximate surface area is 83.1 Å². The maximum absolute atomic E-state index is 11.5. The molecule has 0 spiro atoms. The zero-order valence-corrected chi connectivity index (χ0v) is 8.29. The quantitative estimate of drug-likeness (QED) is 0.663. The summed E-state index contributed by atoms with van der Waals surface area (Å²) in [5.41, 5.74) is 6.67. The maximum Gasteiger partial charge on any atom is 0.268 e. The topological polar surface area (TPSA) is 60.1 Å². The van der Waals surface area contributed by atoms with Crippen molar-refractivity contribution in [3.8, 4) is 11.8 Å². The van der Waals surface area contributed by atoms with Crippen LogP contribution in [-0.4, -0.2) is 17.0 Å². The van der Waals surface area contributed by atoms with Gasteiger partial charge in [0.1, 0.15) is 5.69 Å². The van der Waals surface area contributed by atoms with Crippen molar-refractivity contribution < 1.29 is 4.79 Å². The Balaban J connectivity index is 2.68. The SMILES string of the molecule is CC#CCNC(=O)c1cc(N)cn1C. The smallest absolute Gasteiger partial charge is 0.268 e. The van der Waals surface area contributed by atoms with Crippen molar-refractivity contribution in [2.45, 2.75) is 6.92 Å². The lowest BCUT2D eigenvalue weighted by Gasteiger charge is -2.01. The molecule has 1 aromatic heterocycles. The monoisotopic (exact) mass is 191 g/mol. The van der Waals surface area contributed by atoms with E-state index >= 15 is 0 Å². The number of hydrogen-bond donors (Lipinski definition) is 2. The number of aromatic nitrogens is 1. The van der Waals surface area contributed by atoms with Crippen LogP contribution >= 0.6 is 0 Å². The molecule has 74 valence electrons. The Morgan fingerprint density at radius 3 is 2.93 bits per heavy atom. The van der Waals surface area contributed by atoms with Gasteiger partial charge in [0, 0.05) is 13.2 Å². The maximum atomic E-state index is 11.5. The Morgan fingerprint density at radius 2 is 2.43 bits per heavy atom. The first kappa shape index (κ1) is 10.2. The Bertz CT molecular complexity index is 395. The van der Waals surface area contributed by atoms with E-state index in [1.807, 2.05) is 0 Å². The molecule has 0 aromatic carbocycles. The molecule has 14 heavy (non-hydrogen) atoms. The number of anilines is 1. The first-order valence-electron chi connectivity index (χ1n) is 4.24. The van der Waals surface area contributed by atoms with Gasteiger partial charge in [0.05, 0.1) is 12.2 Å². The van der Waals surface area contributed by atoms with Crippen LogP contribution in [0.25, 0.3) is 0 Å². The van der Waals surface area contributed by atoms with Crippen LogP contribution < -0.4 is 11.1 Å². The van der Waals surface area contributed by atoms with Crippen molar-refractivity contribution in [3.63, 3.8) is 0 Å². The van der Waals surface area contributed by atoms with Gasteiger partial charge in [0.2, 0.25) is 0 Å². The Hall–Kier alpha value is -1.89. The van der Waals surface area contributed by atoms with Gasteiger partial charge in [0.15, 0.2) is 0 Å². The molecule has 0 unspecified atom stereocenters. The molecule has 0 fully saturated rings. The lowest BCUT2D eigenvalue weighted by atomic mass is 10.4. The largest absolute Gasteiger partial charge is 0.397 e. The summed E-state index contributed by atoms with van der Waals surface area (Å²) in [6.07, 6.45) is 1.69. The molecule has 0 radical (unpaired) electrons. The van der Waals surface area contributed by atoms with Crippen molar-refractivity contribution in [1.29, 1.82) is 0 Å². The number of nitrogens with one attached hydrogen (secondary N) is 1. The van der Waals surface area contributed by atoms with Crippen LogP contribution in [0.4, 0.5) is 5.69 Å². The fourth-order valence-corrected chi connectivity index (χ4v) is 1.12. The van der Waals surface area contributed by atoms with Gasteiger partial charge in [0.25, 0.3) is 5.91 Å². The molecule has 0 atom stereocenters. The molecule has 0 saturated carbocycles. The lowest BCUT2D eigenvalue weighted by Crippen LogP contribution is -2.25. The van der Waals surface area contributed by atoms with E-state index in [1.165, 1.54) is 0 Å². The average Bonchev–Trinajstić information content (AvgIpc) is 2.45. The number of carbonyl (C=O) groups excluding carboxylic acids is 1. The van der Waals surface area contributed by atoms with Crippen molar-refractivity contribution in [2.24, 2.45) is 7.05 Å². The molecular weight excluding hydrogens is 178 g/mol. The van der Waals surface area contributed by atoms with Crippen molar-refractivity contribution in [1.82, 2.24) is 9.88 Å². The van der Waals surface area contributed by atoms with Crippen molar-refractivity contribution in [2.75, 3.05) is 12.3 Å². The molecule has 0 aliphatic carbocycles. The van der Waals surface area contributed by atoms with Crippen LogP contribution in [0.15, 0.2) is 12.3 Å². The summed E-state index contributed by atoms with van der Waals surface area (Å²) in [5.74, 6) is 5.29. The summed E-state index contributed by atoms with van der Waals surface area (Å²) in [6, 6.07) is 1.63. The molecule has 1 aromatic rings. The van der Waals surface area contributed by atoms with Gasteiger partial charge in [-0.2, -0.15) is 0 Å². The number of aryl methyl sites for hydroxylation is 1. The molecule has 1 heterocycles. The summed E-state index contributed by atoms with van der Waals surface area (Å²) < 4.78 is 1.68. The van der Waals surface area contributed by atoms with E-state index in [4.69, 9.17) is 5.73 Å². The number of hydrogen-bond acceptors (Lipinski definition) is 2. The molecular formula is C10H13N3O. The summed E-state index contributed by atoms with van der Waals surface area (Å²) in [7, 11) is 1.77. The molecule has 0 aliphatic rings. The highest BCUT2D eigenvalue weighted by molar-refractivity contribution is 5.93. The second-order valence-electron chi connectivity index (χ2n) is 2.88. The predicted octanol–water partition coefficient (Wildman–Crippen LogP) is 0.360. The van der Waals surface area contributed by atoms with E-state index in [-0.39, 0.29) is 5.91 Å². The zero-order chi connectivity index (χ0) is 10.6. The zero-order valence-electron chi connectivity index (χ0n) is 8.29. The molecule has 4 heteroatoms. The van der Waals surface area contributed by atoms with Gasteiger partial charge in [-0.3, -0.25) is 4.79 Å². The van der Waals surface area contributed by atoms with E-state index in [9.17, 15) is 4.79 Å². The fourth-order valence-electron chi connectivity index (χ4n) is 1.12. The average molecular weight is 191 g/mol. The van der Waals surface area contributed by atoms with Crippen molar-refractivity contribution >= 4 is 11.6 Å². The Kier molecular flexibility index (Phi) is 3.19. The minimum Gasteiger partial charge on any atom is -0.397 e. The third kappa shape index (κ3) is 2.30. The lowest BCUT2D eigenvalue weighted by molar-refractivity contribution is 0.0950. The van der Waals surface area contributed by atoms with Crippen LogP contribution in [0.5, 0.6) is 0 Å². The van der Waals surface area contributed by atoms with Crippen LogP contribution in [0, 0.1) is 11.8 Å². The number of carbonyl (C=O) groups is 1. The first-order valence-corrected chi connectivity index (χ1v) is 4.24. The Morgan fingerprint density at radius 1 is 1.71 bits per heavy atom. The van der Waals surface area contributed by atoms with Gasteiger partial charge in [-0.05, 0) is 13.0 Å². The molecule has 1 amide bonds. The number of nitrogen functional groups attached to an aromatic ring is 1. The van der Waals surface area contributed by atoms with Gasteiger partial charge >= 0.3 is 0 Å². The summed E-state index contributed by atoms with van der Waals surface area (Å²) >= 11 is 0. The highest BCUT2D eigenvalue weighted by atomic mass is 16.1. The van der Waals surface area contributed by atoms with Gasteiger partial charge in [-0.25, -0.2) is 0 Å². The second-order valence-corrected chi connectivity index (χ2v) is 2.88. The van der Waals surface area contributed by atoms with Gasteiger partial charge in [-0.15, -0.1) is 5.92 Å². The van der Waals surface area contributed by atoms with Crippen LogP contribution in [-0.2, 0) is 7.05 Å². The van der Waals surface area contributed by atoms with E-state index in [1.54, 1.807) is 30.8 Å². The van der Waals surface area contributed by atoms with Crippen LogP contribution in [0.3, 0.4) is 0 Å². The number of nitrogens with two attached hydrogens (primary N) is 1. The summed E-state index contributed by atoms with van der Waals surface area (Å²) in [5, 5.41) is 2.67. The molecule has 1 rings (SSSR count). The van der Waals surface area contributed by atoms with Crippen LogP contribution in [0.1, 0.15) is 17.4 Å². The van der Waals surface area contributed by atoms with Crippen LogP contribution in [0.2, 0.25) is 0 Å². The normalized spacial score (nSPS) is 9.00.